The van der Waals surface area contributed by atoms with Gasteiger partial charge in [0, 0.05) is 5.19 Å². The lowest BCUT2D eigenvalue weighted by atomic mass is 10.0. The van der Waals surface area contributed by atoms with Crippen LogP contribution >= 0.6 is 0 Å². The Labute approximate surface area is 187 Å². The summed E-state index contributed by atoms with van der Waals surface area (Å²) in [5.74, 6) is -1.95. The highest BCUT2D eigenvalue weighted by Gasteiger charge is 2.51. The van der Waals surface area contributed by atoms with Crippen LogP contribution in [0.5, 0.6) is 11.5 Å². The molecule has 2 aromatic rings. The summed E-state index contributed by atoms with van der Waals surface area (Å²) in [4.78, 5) is 0. The molecule has 0 unspecified atom stereocenters. The molecule has 184 valence electrons. The van der Waals surface area contributed by atoms with Crippen molar-refractivity contribution < 1.29 is 51.5 Å². The van der Waals surface area contributed by atoms with Gasteiger partial charge >= 0.3 is 31.3 Å². The number of halogens is 6. The fourth-order valence-corrected chi connectivity index (χ4v) is 5.64. The minimum absolute atomic E-state index is 0.116. The van der Waals surface area contributed by atoms with Crippen LogP contribution in [0.3, 0.4) is 0 Å². The van der Waals surface area contributed by atoms with Crippen molar-refractivity contribution in [3.05, 3.63) is 42.0 Å². The lowest BCUT2D eigenvalue weighted by molar-refractivity contribution is -0.0502. The Morgan fingerprint density at radius 1 is 0.758 bits per heavy atom. The Bertz CT molecular complexity index is 1200. The number of rotatable bonds is 6. The highest BCUT2D eigenvalue weighted by Crippen LogP contribution is 2.37. The molecule has 0 fully saturated rings. The first-order valence-electron chi connectivity index (χ1n) is 8.93. The van der Waals surface area contributed by atoms with E-state index >= 15 is 0 Å². The molecule has 0 bridgehead atoms. The predicted molar refractivity (Wildman–Crippen MR) is 111 cm³/mol. The van der Waals surface area contributed by atoms with Gasteiger partial charge in [-0.1, -0.05) is 43.9 Å². The summed E-state index contributed by atoms with van der Waals surface area (Å²) in [5, 5.41) is -0.500. The van der Waals surface area contributed by atoms with Crippen molar-refractivity contribution in [1.29, 1.82) is 0 Å². The number of hydrogen-bond acceptors (Lipinski definition) is 6. The van der Waals surface area contributed by atoms with Crippen LogP contribution in [0.15, 0.2) is 36.4 Å². The monoisotopic (exact) mass is 536 g/mol. The van der Waals surface area contributed by atoms with Crippen molar-refractivity contribution in [1.82, 2.24) is 0 Å². The maximum atomic E-state index is 13.0. The van der Waals surface area contributed by atoms with E-state index in [-0.39, 0.29) is 11.1 Å². The lowest BCUT2D eigenvalue weighted by Gasteiger charge is -2.25. The first-order valence-corrected chi connectivity index (χ1v) is 15.2. The molecule has 2 rings (SSSR count). The summed E-state index contributed by atoms with van der Waals surface area (Å²) in [7, 11) is -15.6. The molecule has 0 aromatic heterocycles. The van der Waals surface area contributed by atoms with E-state index in [1.807, 2.05) is 0 Å². The SMILES string of the molecule is Cc1ccccc1-c1cc(OS(=O)(=O)C(F)(F)F)c([Si](C)(C)C)c(OS(=O)(=O)C(F)(F)F)c1. The van der Waals surface area contributed by atoms with Crippen molar-refractivity contribution >= 4 is 33.5 Å². The smallest absolute Gasteiger partial charge is 0.376 e. The highest BCUT2D eigenvalue weighted by atomic mass is 32.2. The molecule has 2 aromatic carbocycles. The minimum Gasteiger partial charge on any atom is -0.376 e. The molecular weight excluding hydrogens is 518 g/mol. The molecule has 0 aliphatic rings. The largest absolute Gasteiger partial charge is 0.534 e. The first kappa shape index (κ1) is 27.0. The van der Waals surface area contributed by atoms with Gasteiger partial charge < -0.3 is 8.37 Å². The lowest BCUT2D eigenvalue weighted by Crippen LogP contribution is -2.42. The molecule has 0 heterocycles. The normalized spacial score (nSPS) is 13.6. The van der Waals surface area contributed by atoms with E-state index in [2.05, 4.69) is 8.37 Å². The molecule has 33 heavy (non-hydrogen) atoms. The maximum Gasteiger partial charge on any atom is 0.534 e. The van der Waals surface area contributed by atoms with Crippen molar-refractivity contribution in [3.8, 4) is 22.6 Å². The molecule has 0 amide bonds. The van der Waals surface area contributed by atoms with Crippen LogP contribution < -0.4 is 13.6 Å². The molecule has 0 saturated heterocycles. The average Bonchev–Trinajstić information content (AvgIpc) is 2.57. The second-order valence-corrected chi connectivity index (χ2v) is 16.0. The first-order chi connectivity index (χ1) is 14.7. The van der Waals surface area contributed by atoms with Crippen LogP contribution in [0.1, 0.15) is 5.56 Å². The summed E-state index contributed by atoms with van der Waals surface area (Å²) >= 11 is 0. The summed E-state index contributed by atoms with van der Waals surface area (Å²) in [6, 6.07) is 7.92. The van der Waals surface area contributed by atoms with E-state index in [0.29, 0.717) is 5.56 Å². The molecule has 0 aliphatic heterocycles. The van der Waals surface area contributed by atoms with E-state index in [0.717, 1.165) is 12.1 Å². The third-order valence-corrected chi connectivity index (χ3v) is 8.16. The molecule has 0 radical (unpaired) electrons. The number of benzene rings is 2. The second-order valence-electron chi connectivity index (χ2n) is 7.88. The average molecular weight is 537 g/mol. The van der Waals surface area contributed by atoms with Gasteiger partial charge in [-0.25, -0.2) is 0 Å². The van der Waals surface area contributed by atoms with Crippen molar-refractivity contribution in [2.75, 3.05) is 0 Å². The Morgan fingerprint density at radius 3 is 1.48 bits per heavy atom. The fraction of sp³-hybridized carbons (Fsp3) is 0.333. The zero-order valence-electron chi connectivity index (χ0n) is 17.5. The van der Waals surface area contributed by atoms with Crippen LogP contribution in [0.2, 0.25) is 19.6 Å². The van der Waals surface area contributed by atoms with Gasteiger partial charge in [0.25, 0.3) is 0 Å². The van der Waals surface area contributed by atoms with Crippen molar-refractivity contribution in [2.24, 2.45) is 0 Å². The molecular formula is C18H18F6O6S2Si. The van der Waals surface area contributed by atoms with Crippen LogP contribution in [0.25, 0.3) is 11.1 Å². The highest BCUT2D eigenvalue weighted by molar-refractivity contribution is 7.88. The van der Waals surface area contributed by atoms with Crippen LogP contribution in [0.4, 0.5) is 26.3 Å². The molecule has 0 N–H and O–H groups in total. The molecule has 0 saturated carbocycles. The van der Waals surface area contributed by atoms with Gasteiger partial charge in [0.2, 0.25) is 0 Å². The minimum atomic E-state index is -6.24. The third kappa shape index (κ3) is 5.81. The number of hydrogen-bond donors (Lipinski definition) is 0. The zero-order valence-corrected chi connectivity index (χ0v) is 20.1. The zero-order chi connectivity index (χ0) is 25.6. The van der Waals surface area contributed by atoms with Gasteiger partial charge in [-0.15, -0.1) is 0 Å². The third-order valence-electron chi connectivity index (χ3n) is 4.24. The van der Waals surface area contributed by atoms with Crippen LogP contribution in [-0.2, 0) is 20.2 Å². The van der Waals surface area contributed by atoms with Gasteiger partial charge in [0.05, 0.1) is 8.07 Å². The quantitative estimate of drug-likeness (QED) is 0.231. The molecule has 6 nitrogen and oxygen atoms in total. The summed E-state index contributed by atoms with van der Waals surface area (Å²) in [6.45, 7) is 5.85. The Kier molecular flexibility index (Phi) is 6.95. The van der Waals surface area contributed by atoms with Crippen LogP contribution in [0, 0.1) is 6.92 Å². The topological polar surface area (TPSA) is 86.7 Å². The molecule has 0 spiro atoms. The van der Waals surface area contributed by atoms with Crippen molar-refractivity contribution in [3.63, 3.8) is 0 Å². The van der Waals surface area contributed by atoms with Gasteiger partial charge in [-0.2, -0.15) is 43.2 Å². The standard InChI is InChI=1S/C18H18F6O6S2Si/c1-11-7-5-6-8-13(11)12-9-14(29-31(25,26)17(19,20)21)16(33(2,3)4)15(10-12)30-32(27,28)18(22,23)24/h5-10H,1-4H3. The molecule has 15 heteroatoms. The van der Waals surface area contributed by atoms with Crippen LogP contribution in [-0.4, -0.2) is 35.9 Å². The van der Waals surface area contributed by atoms with Gasteiger partial charge in [-0.05, 0) is 35.7 Å². The van der Waals surface area contributed by atoms with E-state index in [1.165, 1.54) is 31.8 Å². The number of alkyl halides is 6. The maximum absolute atomic E-state index is 13.0. The van der Waals surface area contributed by atoms with E-state index in [1.54, 1.807) is 19.1 Å². The van der Waals surface area contributed by atoms with Crippen molar-refractivity contribution in [2.45, 2.75) is 37.6 Å². The summed E-state index contributed by atoms with van der Waals surface area (Å²) < 4.78 is 133. The Hall–Kier alpha value is -2.26. The van der Waals surface area contributed by atoms with E-state index in [9.17, 15) is 43.2 Å². The predicted octanol–water partition coefficient (Wildman–Crippen LogP) is 4.66. The molecule has 0 atom stereocenters. The van der Waals surface area contributed by atoms with E-state index < -0.39 is 56.0 Å². The molecule has 0 aliphatic carbocycles. The second kappa shape index (κ2) is 8.50. The van der Waals surface area contributed by atoms with Gasteiger partial charge in [-0.3, -0.25) is 0 Å². The number of aryl methyl sites for hydroxylation is 1. The summed E-state index contributed by atoms with van der Waals surface area (Å²) in [6.07, 6.45) is 0. The Morgan fingerprint density at radius 2 is 1.15 bits per heavy atom. The fourth-order valence-electron chi connectivity index (χ4n) is 2.84. The summed E-state index contributed by atoms with van der Waals surface area (Å²) in [5.41, 5.74) is -11.0. The van der Waals surface area contributed by atoms with E-state index in [4.69, 9.17) is 0 Å². The van der Waals surface area contributed by atoms with Gasteiger partial charge in [0.15, 0.2) is 0 Å². The van der Waals surface area contributed by atoms with Gasteiger partial charge in [0.1, 0.15) is 11.5 Å². The Balaban J connectivity index is 2.94.